The van der Waals surface area contributed by atoms with Gasteiger partial charge < -0.3 is 20.2 Å². The van der Waals surface area contributed by atoms with E-state index in [1.54, 1.807) is 0 Å². The molecular weight excluding hydrogens is 368 g/mol. The second-order valence-corrected chi connectivity index (χ2v) is 7.13. The molecule has 0 spiro atoms. The molecule has 27 heavy (non-hydrogen) atoms. The highest BCUT2D eigenvalue weighted by Gasteiger charge is 2.20. The van der Waals surface area contributed by atoms with Crippen LogP contribution in [0.2, 0.25) is 5.02 Å². The van der Waals surface area contributed by atoms with E-state index in [0.717, 1.165) is 55.6 Å². The lowest BCUT2D eigenvalue weighted by molar-refractivity contribution is 0.0969. The van der Waals surface area contributed by atoms with E-state index in [4.69, 9.17) is 11.6 Å². The molecule has 0 saturated carbocycles. The van der Waals surface area contributed by atoms with Crippen molar-refractivity contribution in [1.29, 1.82) is 0 Å². The van der Waals surface area contributed by atoms with Crippen LogP contribution in [0.25, 0.3) is 0 Å². The Morgan fingerprint density at radius 2 is 1.67 bits per heavy atom. The second-order valence-electron chi connectivity index (χ2n) is 6.69. The summed E-state index contributed by atoms with van der Waals surface area (Å²) >= 11 is 6.05. The van der Waals surface area contributed by atoms with Crippen LogP contribution in [0, 0.1) is 0 Å². The number of halogens is 1. The zero-order valence-electron chi connectivity index (χ0n) is 14.9. The topological polar surface area (TPSA) is 84.2 Å². The molecule has 1 fully saturated rings. The smallest absolute Gasteiger partial charge is 0.170 e. The zero-order chi connectivity index (χ0) is 19.4. The molecule has 2 aromatic carbocycles. The number of phenolic OH excluding ortho intramolecular Hbond substituents is 3. The minimum Gasteiger partial charge on any atom is -0.508 e. The summed E-state index contributed by atoms with van der Waals surface area (Å²) in [7, 11) is 0. The highest BCUT2D eigenvalue weighted by molar-refractivity contribution is 6.30. The quantitative estimate of drug-likeness (QED) is 0.657. The van der Waals surface area contributed by atoms with Gasteiger partial charge in [0.15, 0.2) is 5.78 Å². The molecule has 3 rings (SSSR count). The van der Waals surface area contributed by atoms with Crippen LogP contribution < -0.4 is 4.90 Å². The number of aromatic hydroxyl groups is 3. The molecule has 2 aromatic rings. The number of hydrogen-bond donors (Lipinski definition) is 3. The second kappa shape index (κ2) is 8.50. The predicted octanol–water partition coefficient (Wildman–Crippen LogP) is 3.24. The first-order valence-corrected chi connectivity index (χ1v) is 9.33. The number of ketones is 1. The van der Waals surface area contributed by atoms with Crippen molar-refractivity contribution in [2.75, 3.05) is 37.6 Å². The van der Waals surface area contributed by atoms with Gasteiger partial charge in [0.25, 0.3) is 0 Å². The standard InChI is InChI=1S/C20H23ClN2O4/c21-14-3-1-4-15(11-14)23-9-7-22(8-10-23)6-2-5-17(25)20-18(26)12-16(24)13-19(20)27/h1,3-4,11-13,24,26-27H,2,5-10H2. The first kappa shape index (κ1) is 19.3. The van der Waals surface area contributed by atoms with Gasteiger partial charge >= 0.3 is 0 Å². The molecule has 1 saturated heterocycles. The van der Waals surface area contributed by atoms with Crippen molar-refractivity contribution in [3.63, 3.8) is 0 Å². The third-order valence-electron chi connectivity index (χ3n) is 4.78. The summed E-state index contributed by atoms with van der Waals surface area (Å²) in [6.45, 7) is 4.36. The Balaban J connectivity index is 1.46. The number of benzene rings is 2. The molecule has 0 aromatic heterocycles. The Bertz CT molecular complexity index is 796. The van der Waals surface area contributed by atoms with Crippen molar-refractivity contribution in [2.45, 2.75) is 12.8 Å². The molecule has 0 unspecified atom stereocenters. The van der Waals surface area contributed by atoms with Gasteiger partial charge in [0.1, 0.15) is 22.8 Å². The molecule has 0 radical (unpaired) electrons. The van der Waals surface area contributed by atoms with Crippen LogP contribution >= 0.6 is 11.6 Å². The first-order chi connectivity index (χ1) is 12.9. The van der Waals surface area contributed by atoms with Crippen LogP contribution in [0.3, 0.4) is 0 Å². The van der Waals surface area contributed by atoms with E-state index in [0.29, 0.717) is 6.42 Å². The zero-order valence-corrected chi connectivity index (χ0v) is 15.7. The summed E-state index contributed by atoms with van der Waals surface area (Å²) in [4.78, 5) is 16.9. The maximum Gasteiger partial charge on any atom is 0.170 e. The van der Waals surface area contributed by atoms with Crippen molar-refractivity contribution in [3.05, 3.63) is 47.0 Å². The summed E-state index contributed by atoms with van der Waals surface area (Å²) in [6.07, 6.45) is 0.857. The largest absolute Gasteiger partial charge is 0.508 e. The van der Waals surface area contributed by atoms with Crippen LogP contribution in [0.4, 0.5) is 5.69 Å². The number of nitrogens with zero attached hydrogens (tertiary/aromatic N) is 2. The SMILES string of the molecule is O=C(CCCN1CCN(c2cccc(Cl)c2)CC1)c1c(O)cc(O)cc1O. The summed E-state index contributed by atoms with van der Waals surface area (Å²) < 4.78 is 0. The summed E-state index contributed by atoms with van der Waals surface area (Å²) in [5, 5.41) is 29.6. The van der Waals surface area contributed by atoms with E-state index >= 15 is 0 Å². The Hall–Kier alpha value is -2.44. The van der Waals surface area contributed by atoms with Crippen molar-refractivity contribution >= 4 is 23.1 Å². The number of hydrogen-bond acceptors (Lipinski definition) is 6. The Morgan fingerprint density at radius 1 is 1.00 bits per heavy atom. The number of piperazine rings is 1. The van der Waals surface area contributed by atoms with E-state index in [2.05, 4.69) is 15.9 Å². The van der Waals surface area contributed by atoms with Crippen LogP contribution in [0.1, 0.15) is 23.2 Å². The molecule has 0 aliphatic carbocycles. The Morgan fingerprint density at radius 3 is 2.30 bits per heavy atom. The molecule has 0 amide bonds. The molecule has 6 nitrogen and oxygen atoms in total. The highest BCUT2D eigenvalue weighted by atomic mass is 35.5. The number of anilines is 1. The van der Waals surface area contributed by atoms with Gasteiger partial charge in [0.2, 0.25) is 0 Å². The molecule has 0 bridgehead atoms. The van der Waals surface area contributed by atoms with Crippen molar-refractivity contribution in [2.24, 2.45) is 0 Å². The first-order valence-electron chi connectivity index (χ1n) is 8.95. The van der Waals surface area contributed by atoms with E-state index in [1.165, 1.54) is 0 Å². The lowest BCUT2D eigenvalue weighted by atomic mass is 10.0. The molecule has 1 heterocycles. The fourth-order valence-corrected chi connectivity index (χ4v) is 3.56. The summed E-state index contributed by atoms with van der Waals surface area (Å²) in [6, 6.07) is 9.94. The monoisotopic (exact) mass is 390 g/mol. The van der Waals surface area contributed by atoms with E-state index in [1.807, 2.05) is 18.2 Å². The number of phenols is 3. The van der Waals surface area contributed by atoms with Gasteiger partial charge in [-0.25, -0.2) is 0 Å². The number of Topliss-reactive ketones (excluding diaryl/α,β-unsaturated/α-hetero) is 1. The normalized spacial score (nSPS) is 15.1. The maximum absolute atomic E-state index is 12.3. The number of carbonyl (C=O) groups is 1. The third kappa shape index (κ3) is 4.84. The summed E-state index contributed by atoms with van der Waals surface area (Å²) in [5.74, 6) is -1.40. The lowest BCUT2D eigenvalue weighted by Gasteiger charge is -2.36. The fourth-order valence-electron chi connectivity index (χ4n) is 3.37. The number of rotatable bonds is 6. The van der Waals surface area contributed by atoms with Gasteiger partial charge in [-0.15, -0.1) is 0 Å². The van der Waals surface area contributed by atoms with Gasteiger partial charge in [-0.3, -0.25) is 9.69 Å². The average molecular weight is 391 g/mol. The number of carbonyl (C=O) groups excluding carboxylic acids is 1. The van der Waals surface area contributed by atoms with E-state index in [9.17, 15) is 20.1 Å². The van der Waals surface area contributed by atoms with Crippen LogP contribution in [-0.4, -0.2) is 58.7 Å². The highest BCUT2D eigenvalue weighted by Crippen LogP contribution is 2.33. The minimum absolute atomic E-state index is 0.126. The predicted molar refractivity (Wildman–Crippen MR) is 105 cm³/mol. The van der Waals surface area contributed by atoms with Crippen LogP contribution in [0.5, 0.6) is 17.2 Å². The summed E-state index contributed by atoms with van der Waals surface area (Å²) in [5.41, 5.74) is 0.995. The molecule has 144 valence electrons. The van der Waals surface area contributed by atoms with Crippen LogP contribution in [-0.2, 0) is 0 Å². The molecular formula is C20H23ClN2O4. The molecule has 3 N–H and O–H groups in total. The van der Waals surface area contributed by atoms with Crippen molar-refractivity contribution in [1.82, 2.24) is 4.90 Å². The molecule has 7 heteroatoms. The van der Waals surface area contributed by atoms with Crippen molar-refractivity contribution < 1.29 is 20.1 Å². The molecule has 1 aliphatic heterocycles. The van der Waals surface area contributed by atoms with Crippen molar-refractivity contribution in [3.8, 4) is 17.2 Å². The van der Waals surface area contributed by atoms with Gasteiger partial charge in [-0.1, -0.05) is 17.7 Å². The van der Waals surface area contributed by atoms with E-state index < -0.39 is 11.5 Å². The Labute approximate surface area is 163 Å². The van der Waals surface area contributed by atoms with Gasteiger partial charge in [-0.05, 0) is 31.2 Å². The third-order valence-corrected chi connectivity index (χ3v) is 5.02. The van der Waals surface area contributed by atoms with Gasteiger partial charge in [0.05, 0.1) is 0 Å². The minimum atomic E-state index is -0.396. The Kier molecular flexibility index (Phi) is 6.08. The van der Waals surface area contributed by atoms with Crippen LogP contribution in [0.15, 0.2) is 36.4 Å². The molecule has 1 aliphatic rings. The fraction of sp³-hybridized carbons (Fsp3) is 0.350. The average Bonchev–Trinajstić information content (AvgIpc) is 2.61. The molecule has 0 atom stereocenters. The van der Waals surface area contributed by atoms with E-state index in [-0.39, 0.29) is 23.5 Å². The maximum atomic E-state index is 12.3. The lowest BCUT2D eigenvalue weighted by Crippen LogP contribution is -2.46. The van der Waals surface area contributed by atoms with Gasteiger partial charge in [-0.2, -0.15) is 0 Å². The van der Waals surface area contributed by atoms with Gasteiger partial charge in [0, 0.05) is 55.4 Å².